The van der Waals surface area contributed by atoms with Gasteiger partial charge in [-0.05, 0) is 36.4 Å². The number of pyridine rings is 1. The van der Waals surface area contributed by atoms with Gasteiger partial charge in [0.05, 0.1) is 10.6 Å². The van der Waals surface area contributed by atoms with Crippen LogP contribution in [0.4, 0.5) is 5.69 Å². The summed E-state index contributed by atoms with van der Waals surface area (Å²) in [6.45, 7) is 0. The first-order valence-electron chi connectivity index (χ1n) is 6.32. The smallest absolute Gasteiger partial charge is 0.335 e. The number of benzene rings is 1. The molecule has 0 unspecified atom stereocenters. The molecule has 6 heteroatoms. The number of nitrogens with zero attached hydrogens (tertiary/aromatic N) is 1. The van der Waals surface area contributed by atoms with Crippen LogP contribution in [0.3, 0.4) is 0 Å². The van der Waals surface area contributed by atoms with Gasteiger partial charge >= 0.3 is 5.97 Å². The number of carboxylic acids is 1. The van der Waals surface area contributed by atoms with Crippen molar-refractivity contribution in [1.82, 2.24) is 4.98 Å². The molecule has 0 saturated heterocycles. The highest BCUT2D eigenvalue weighted by molar-refractivity contribution is 7.99. The van der Waals surface area contributed by atoms with Crippen molar-refractivity contribution >= 4 is 29.3 Å². The van der Waals surface area contributed by atoms with E-state index in [1.54, 1.807) is 18.3 Å². The van der Waals surface area contributed by atoms with Gasteiger partial charge in [0.2, 0.25) is 5.91 Å². The fourth-order valence-corrected chi connectivity index (χ4v) is 2.41. The number of hydrogen-bond donors (Lipinski definition) is 2. The summed E-state index contributed by atoms with van der Waals surface area (Å²) < 4.78 is 0. The van der Waals surface area contributed by atoms with Gasteiger partial charge < -0.3 is 10.4 Å². The molecule has 1 heterocycles. The van der Waals surface area contributed by atoms with Gasteiger partial charge in [0, 0.05) is 24.1 Å². The van der Waals surface area contributed by atoms with E-state index in [-0.39, 0.29) is 11.5 Å². The zero-order chi connectivity index (χ0) is 15.1. The number of hydrogen-bond acceptors (Lipinski definition) is 4. The Bertz CT molecular complexity index is 615. The molecule has 108 valence electrons. The Kier molecular flexibility index (Phi) is 5.34. The van der Waals surface area contributed by atoms with Gasteiger partial charge in [0.25, 0.3) is 0 Å². The van der Waals surface area contributed by atoms with Crippen LogP contribution in [0.1, 0.15) is 16.8 Å². The average molecular weight is 302 g/mol. The quantitative estimate of drug-likeness (QED) is 0.802. The van der Waals surface area contributed by atoms with E-state index in [9.17, 15) is 9.59 Å². The molecule has 0 spiro atoms. The minimum absolute atomic E-state index is 0.110. The Morgan fingerprint density at radius 3 is 2.52 bits per heavy atom. The Hall–Kier alpha value is -2.34. The first kappa shape index (κ1) is 15.1. The maximum absolute atomic E-state index is 11.8. The highest BCUT2D eigenvalue weighted by atomic mass is 32.2. The molecule has 0 bridgehead atoms. The predicted octanol–water partition coefficient (Wildman–Crippen LogP) is 2.90. The predicted molar refractivity (Wildman–Crippen MR) is 81.6 cm³/mol. The normalized spacial score (nSPS) is 10.1. The molecular formula is C15H14N2O3S. The number of nitrogens with one attached hydrogen (secondary N) is 1. The van der Waals surface area contributed by atoms with Gasteiger partial charge in [-0.3, -0.25) is 4.79 Å². The summed E-state index contributed by atoms with van der Waals surface area (Å²) >= 11 is 1.52. The standard InChI is InChI=1S/C15H14N2O3S/c18-13(8-10-21-14-3-1-2-9-16-14)17-12-6-4-11(5-7-12)15(19)20/h1-7,9H,8,10H2,(H,17,18)(H,19,20). The van der Waals surface area contributed by atoms with Crippen LogP contribution in [0.15, 0.2) is 53.7 Å². The molecule has 2 N–H and O–H groups in total. The molecule has 0 aliphatic carbocycles. The average Bonchev–Trinajstić information content (AvgIpc) is 2.49. The molecule has 1 aromatic heterocycles. The van der Waals surface area contributed by atoms with Crippen LogP contribution < -0.4 is 5.32 Å². The number of anilines is 1. The molecule has 2 aromatic rings. The summed E-state index contributed by atoms with van der Waals surface area (Å²) in [5, 5.41) is 12.4. The van der Waals surface area contributed by atoms with Crippen LogP contribution in [0, 0.1) is 0 Å². The number of carboxylic acid groups (broad SMARTS) is 1. The molecule has 0 aliphatic rings. The second kappa shape index (κ2) is 7.44. The van der Waals surface area contributed by atoms with Gasteiger partial charge in [-0.15, -0.1) is 11.8 Å². The van der Waals surface area contributed by atoms with E-state index in [0.717, 1.165) is 5.03 Å². The van der Waals surface area contributed by atoms with E-state index in [1.165, 1.54) is 23.9 Å². The van der Waals surface area contributed by atoms with Crippen molar-refractivity contribution < 1.29 is 14.7 Å². The van der Waals surface area contributed by atoms with Gasteiger partial charge in [0.15, 0.2) is 0 Å². The lowest BCUT2D eigenvalue weighted by atomic mass is 10.2. The summed E-state index contributed by atoms with van der Waals surface area (Å²) in [6, 6.07) is 11.7. The largest absolute Gasteiger partial charge is 0.478 e. The highest BCUT2D eigenvalue weighted by Gasteiger charge is 2.05. The SMILES string of the molecule is O=C(CCSc1ccccn1)Nc1ccc(C(=O)O)cc1. The lowest BCUT2D eigenvalue weighted by Gasteiger charge is -2.05. The van der Waals surface area contributed by atoms with Crippen molar-refractivity contribution in [3.8, 4) is 0 Å². The van der Waals surface area contributed by atoms with E-state index >= 15 is 0 Å². The molecule has 1 amide bonds. The topological polar surface area (TPSA) is 79.3 Å². The monoisotopic (exact) mass is 302 g/mol. The summed E-state index contributed by atoms with van der Waals surface area (Å²) in [5.74, 6) is -0.461. The minimum Gasteiger partial charge on any atom is -0.478 e. The first-order chi connectivity index (χ1) is 10.1. The van der Waals surface area contributed by atoms with E-state index < -0.39 is 5.97 Å². The van der Waals surface area contributed by atoms with Gasteiger partial charge in [-0.25, -0.2) is 9.78 Å². The number of aromatic carboxylic acids is 1. The maximum atomic E-state index is 11.8. The van der Waals surface area contributed by atoms with E-state index in [4.69, 9.17) is 5.11 Å². The fraction of sp³-hybridized carbons (Fsp3) is 0.133. The van der Waals surface area contributed by atoms with Gasteiger partial charge in [0.1, 0.15) is 0 Å². The molecule has 0 saturated carbocycles. The zero-order valence-corrected chi connectivity index (χ0v) is 12.0. The van der Waals surface area contributed by atoms with Crippen molar-refractivity contribution in [3.05, 3.63) is 54.2 Å². The van der Waals surface area contributed by atoms with E-state index in [0.29, 0.717) is 17.9 Å². The second-order valence-corrected chi connectivity index (χ2v) is 5.31. The van der Waals surface area contributed by atoms with Crippen molar-refractivity contribution in [2.75, 3.05) is 11.1 Å². The molecule has 0 aliphatic heterocycles. The van der Waals surface area contributed by atoms with Gasteiger partial charge in [-0.1, -0.05) is 6.07 Å². The lowest BCUT2D eigenvalue weighted by Crippen LogP contribution is -2.12. The van der Waals surface area contributed by atoms with Crippen molar-refractivity contribution in [2.45, 2.75) is 11.4 Å². The van der Waals surface area contributed by atoms with E-state index in [1.807, 2.05) is 18.2 Å². The minimum atomic E-state index is -0.986. The molecule has 1 aromatic carbocycles. The van der Waals surface area contributed by atoms with Crippen molar-refractivity contribution in [2.24, 2.45) is 0 Å². The number of rotatable bonds is 6. The third-order valence-electron chi connectivity index (χ3n) is 2.63. The van der Waals surface area contributed by atoms with Crippen LogP contribution in [0.25, 0.3) is 0 Å². The summed E-state index contributed by atoms with van der Waals surface area (Å²) in [6.07, 6.45) is 2.08. The molecule has 21 heavy (non-hydrogen) atoms. The van der Waals surface area contributed by atoms with Gasteiger partial charge in [-0.2, -0.15) is 0 Å². The van der Waals surface area contributed by atoms with Crippen LogP contribution in [-0.4, -0.2) is 27.7 Å². The Labute approximate surface area is 126 Å². The molecule has 0 atom stereocenters. The van der Waals surface area contributed by atoms with Crippen LogP contribution in [0.5, 0.6) is 0 Å². The van der Waals surface area contributed by atoms with E-state index in [2.05, 4.69) is 10.3 Å². The fourth-order valence-electron chi connectivity index (χ4n) is 1.60. The number of aromatic nitrogens is 1. The second-order valence-electron chi connectivity index (χ2n) is 4.20. The molecule has 5 nitrogen and oxygen atoms in total. The first-order valence-corrected chi connectivity index (χ1v) is 7.31. The van der Waals surface area contributed by atoms with Crippen LogP contribution in [-0.2, 0) is 4.79 Å². The van der Waals surface area contributed by atoms with Crippen molar-refractivity contribution in [3.63, 3.8) is 0 Å². The summed E-state index contributed by atoms with van der Waals surface area (Å²) in [5.41, 5.74) is 0.784. The Morgan fingerprint density at radius 1 is 1.14 bits per heavy atom. The van der Waals surface area contributed by atoms with Crippen molar-refractivity contribution in [1.29, 1.82) is 0 Å². The number of amides is 1. The Morgan fingerprint density at radius 2 is 1.90 bits per heavy atom. The Balaban J connectivity index is 1.78. The molecule has 0 fully saturated rings. The summed E-state index contributed by atoms with van der Waals surface area (Å²) in [4.78, 5) is 26.6. The zero-order valence-electron chi connectivity index (χ0n) is 11.2. The third kappa shape index (κ3) is 4.92. The lowest BCUT2D eigenvalue weighted by molar-refractivity contribution is -0.115. The number of carbonyl (C=O) groups is 2. The summed E-state index contributed by atoms with van der Waals surface area (Å²) in [7, 11) is 0. The molecule has 0 radical (unpaired) electrons. The van der Waals surface area contributed by atoms with Crippen LogP contribution in [0.2, 0.25) is 0 Å². The highest BCUT2D eigenvalue weighted by Crippen LogP contribution is 2.16. The number of carbonyl (C=O) groups excluding carboxylic acids is 1. The third-order valence-corrected chi connectivity index (χ3v) is 3.58. The molecular weight excluding hydrogens is 288 g/mol. The maximum Gasteiger partial charge on any atom is 0.335 e. The number of thioether (sulfide) groups is 1. The molecule has 2 rings (SSSR count). The van der Waals surface area contributed by atoms with Crippen LogP contribution >= 0.6 is 11.8 Å².